The third-order valence-corrected chi connectivity index (χ3v) is 5.68. The molecule has 0 aliphatic carbocycles. The molecule has 1 saturated heterocycles. The van der Waals surface area contributed by atoms with Gasteiger partial charge in [0, 0.05) is 20.2 Å². The molecule has 0 radical (unpaired) electrons. The summed E-state index contributed by atoms with van der Waals surface area (Å²) in [5.74, 6) is 0. The summed E-state index contributed by atoms with van der Waals surface area (Å²) in [6.45, 7) is 0.365. The van der Waals surface area contributed by atoms with Crippen molar-refractivity contribution < 1.29 is 26.3 Å². The second-order valence-electron chi connectivity index (χ2n) is 5.16. The molecule has 23 heavy (non-hydrogen) atoms. The zero-order valence-corrected chi connectivity index (χ0v) is 13.1. The van der Waals surface area contributed by atoms with Gasteiger partial charge in [0.15, 0.2) is 0 Å². The van der Waals surface area contributed by atoms with Crippen LogP contribution in [0.4, 0.5) is 13.2 Å². The number of ether oxygens (including phenoxy) is 1. The number of piperidine rings is 1. The molecule has 1 aromatic carbocycles. The number of nitriles is 1. The van der Waals surface area contributed by atoms with Gasteiger partial charge in [-0.2, -0.15) is 22.7 Å². The number of hydrogen-bond acceptors (Lipinski definition) is 4. The molecule has 0 spiro atoms. The SMILES string of the molecule is COC1CCN(S(=O)(=O)c2ccc(C#N)c(C(F)(F)F)c2)CC1. The molecular formula is C14H15F3N2O3S. The summed E-state index contributed by atoms with van der Waals surface area (Å²) in [5.41, 5.74) is -1.85. The summed E-state index contributed by atoms with van der Waals surface area (Å²) in [6.07, 6.45) is -3.87. The number of rotatable bonds is 3. The van der Waals surface area contributed by atoms with Crippen molar-refractivity contribution in [3.05, 3.63) is 29.3 Å². The van der Waals surface area contributed by atoms with E-state index in [9.17, 15) is 21.6 Å². The molecule has 1 aliphatic rings. The molecule has 1 fully saturated rings. The summed E-state index contributed by atoms with van der Waals surface area (Å²) < 4.78 is 70.2. The Kier molecular flexibility index (Phi) is 4.98. The van der Waals surface area contributed by atoms with Crippen LogP contribution in [0.2, 0.25) is 0 Å². The van der Waals surface area contributed by atoms with Crippen molar-refractivity contribution in [2.75, 3.05) is 20.2 Å². The van der Waals surface area contributed by atoms with Gasteiger partial charge in [-0.1, -0.05) is 0 Å². The van der Waals surface area contributed by atoms with E-state index in [1.54, 1.807) is 0 Å². The van der Waals surface area contributed by atoms with Crippen LogP contribution in [0.25, 0.3) is 0 Å². The van der Waals surface area contributed by atoms with Crippen molar-refractivity contribution in [3.63, 3.8) is 0 Å². The number of nitrogens with zero attached hydrogens (tertiary/aromatic N) is 2. The van der Waals surface area contributed by atoms with E-state index in [0.29, 0.717) is 18.9 Å². The Hall–Kier alpha value is -1.63. The smallest absolute Gasteiger partial charge is 0.381 e. The molecular weight excluding hydrogens is 333 g/mol. The number of sulfonamides is 1. The molecule has 0 N–H and O–H groups in total. The zero-order chi connectivity index (χ0) is 17.3. The van der Waals surface area contributed by atoms with Crippen LogP contribution in [-0.4, -0.2) is 39.0 Å². The topological polar surface area (TPSA) is 70.4 Å². The van der Waals surface area contributed by atoms with Crippen LogP contribution in [-0.2, 0) is 20.9 Å². The normalized spacial score (nSPS) is 17.9. The van der Waals surface area contributed by atoms with Crippen molar-refractivity contribution in [2.24, 2.45) is 0 Å². The lowest BCUT2D eigenvalue weighted by Crippen LogP contribution is -2.40. The van der Waals surface area contributed by atoms with Crippen LogP contribution in [0.5, 0.6) is 0 Å². The van der Waals surface area contributed by atoms with Gasteiger partial charge in [0.2, 0.25) is 10.0 Å². The van der Waals surface area contributed by atoms with E-state index < -0.39 is 32.2 Å². The summed E-state index contributed by atoms with van der Waals surface area (Å²) in [7, 11) is -2.50. The number of benzene rings is 1. The first-order valence-electron chi connectivity index (χ1n) is 6.84. The Morgan fingerprint density at radius 1 is 1.30 bits per heavy atom. The van der Waals surface area contributed by atoms with Crippen LogP contribution < -0.4 is 0 Å². The Bertz CT molecular complexity index is 718. The van der Waals surface area contributed by atoms with E-state index in [2.05, 4.69) is 0 Å². The largest absolute Gasteiger partial charge is 0.417 e. The minimum absolute atomic E-state index is 0.0480. The van der Waals surface area contributed by atoms with Crippen LogP contribution in [0.3, 0.4) is 0 Å². The summed E-state index contributed by atoms with van der Waals surface area (Å²) in [5, 5.41) is 8.76. The molecule has 0 atom stereocenters. The van der Waals surface area contributed by atoms with Gasteiger partial charge in [0.05, 0.1) is 28.2 Å². The Labute approximate surface area is 132 Å². The lowest BCUT2D eigenvalue weighted by molar-refractivity contribution is -0.137. The standard InChI is InChI=1S/C14H15F3N2O3S/c1-22-11-4-6-19(7-5-11)23(20,21)12-3-2-10(9-18)13(8-12)14(15,16)17/h2-3,8,11H,4-7H2,1H3. The molecule has 1 aliphatic heterocycles. The van der Waals surface area contributed by atoms with Crippen molar-refractivity contribution in [1.82, 2.24) is 4.31 Å². The Morgan fingerprint density at radius 3 is 2.39 bits per heavy atom. The molecule has 1 aromatic rings. The highest BCUT2D eigenvalue weighted by molar-refractivity contribution is 7.89. The van der Waals surface area contributed by atoms with Gasteiger partial charge < -0.3 is 4.74 Å². The Balaban J connectivity index is 2.36. The van der Waals surface area contributed by atoms with Gasteiger partial charge in [0.25, 0.3) is 0 Å². The predicted octanol–water partition coefficient (Wildman–Crippen LogP) is 2.38. The molecule has 126 valence electrons. The number of methoxy groups -OCH3 is 1. The second kappa shape index (κ2) is 6.47. The van der Waals surface area contributed by atoms with E-state index in [4.69, 9.17) is 10.00 Å². The maximum atomic E-state index is 13.0. The molecule has 0 unspecified atom stereocenters. The van der Waals surface area contributed by atoms with Crippen LogP contribution in [0.1, 0.15) is 24.0 Å². The maximum absolute atomic E-state index is 13.0. The monoisotopic (exact) mass is 348 g/mol. The van der Waals surface area contributed by atoms with Crippen molar-refractivity contribution in [1.29, 1.82) is 5.26 Å². The molecule has 5 nitrogen and oxygen atoms in total. The minimum atomic E-state index is -4.79. The average molecular weight is 348 g/mol. The first kappa shape index (κ1) is 17.7. The van der Waals surface area contributed by atoms with Crippen molar-refractivity contribution in [3.8, 4) is 6.07 Å². The third-order valence-electron chi connectivity index (χ3n) is 3.79. The fourth-order valence-electron chi connectivity index (χ4n) is 2.47. The van der Waals surface area contributed by atoms with Gasteiger partial charge in [0.1, 0.15) is 0 Å². The molecule has 0 amide bonds. The highest BCUT2D eigenvalue weighted by atomic mass is 32.2. The number of halogens is 3. The van der Waals surface area contributed by atoms with E-state index in [1.165, 1.54) is 13.2 Å². The Morgan fingerprint density at radius 2 is 1.91 bits per heavy atom. The molecule has 9 heteroatoms. The maximum Gasteiger partial charge on any atom is 0.417 e. The van der Waals surface area contributed by atoms with E-state index in [-0.39, 0.29) is 19.2 Å². The number of alkyl halides is 3. The highest BCUT2D eigenvalue weighted by Crippen LogP contribution is 2.34. The number of hydrogen-bond donors (Lipinski definition) is 0. The van der Waals surface area contributed by atoms with Crippen molar-refractivity contribution >= 4 is 10.0 Å². The van der Waals surface area contributed by atoms with Crippen molar-refractivity contribution in [2.45, 2.75) is 30.0 Å². The lowest BCUT2D eigenvalue weighted by Gasteiger charge is -2.30. The van der Waals surface area contributed by atoms with Crippen LogP contribution in [0.15, 0.2) is 23.1 Å². The third kappa shape index (κ3) is 3.65. The van der Waals surface area contributed by atoms with E-state index in [1.807, 2.05) is 0 Å². The minimum Gasteiger partial charge on any atom is -0.381 e. The van der Waals surface area contributed by atoms with Crippen LogP contribution in [0, 0.1) is 11.3 Å². The predicted molar refractivity (Wildman–Crippen MR) is 74.9 cm³/mol. The van der Waals surface area contributed by atoms with E-state index in [0.717, 1.165) is 16.4 Å². The fourth-order valence-corrected chi connectivity index (χ4v) is 3.97. The second-order valence-corrected chi connectivity index (χ2v) is 7.09. The van der Waals surface area contributed by atoms with Crippen LogP contribution >= 0.6 is 0 Å². The lowest BCUT2D eigenvalue weighted by atomic mass is 10.1. The molecule has 0 aromatic heterocycles. The zero-order valence-electron chi connectivity index (χ0n) is 12.3. The van der Waals surface area contributed by atoms with Gasteiger partial charge in [-0.25, -0.2) is 8.42 Å². The van der Waals surface area contributed by atoms with E-state index >= 15 is 0 Å². The first-order valence-corrected chi connectivity index (χ1v) is 8.28. The molecule has 1 heterocycles. The van der Waals surface area contributed by atoms with Gasteiger partial charge in [-0.3, -0.25) is 0 Å². The average Bonchev–Trinajstić information content (AvgIpc) is 2.53. The van der Waals surface area contributed by atoms with Gasteiger partial charge >= 0.3 is 6.18 Å². The summed E-state index contributed by atoms with van der Waals surface area (Å²) >= 11 is 0. The molecule has 0 bridgehead atoms. The summed E-state index contributed by atoms with van der Waals surface area (Å²) in [4.78, 5) is -0.459. The first-order chi connectivity index (χ1) is 10.7. The quantitative estimate of drug-likeness (QED) is 0.841. The van der Waals surface area contributed by atoms with Gasteiger partial charge in [-0.15, -0.1) is 0 Å². The molecule has 2 rings (SSSR count). The fraction of sp³-hybridized carbons (Fsp3) is 0.500. The highest BCUT2D eigenvalue weighted by Gasteiger charge is 2.36. The van der Waals surface area contributed by atoms with Gasteiger partial charge in [-0.05, 0) is 31.0 Å². The summed E-state index contributed by atoms with van der Waals surface area (Å²) in [6, 6.07) is 3.87. The molecule has 0 saturated carbocycles.